The molecular formula is C11H22BO2. The Morgan fingerprint density at radius 2 is 1.36 bits per heavy atom. The van der Waals surface area contributed by atoms with E-state index in [2.05, 4.69) is 34.6 Å². The third-order valence-electron chi connectivity index (χ3n) is 3.21. The Hall–Kier alpha value is -0.465. The smallest absolute Gasteiger partial charge is 0.300 e. The molecular weight excluding hydrogens is 175 g/mol. The molecule has 0 saturated carbocycles. The fourth-order valence-corrected chi connectivity index (χ4v) is 1.18. The van der Waals surface area contributed by atoms with Gasteiger partial charge in [0, 0.05) is 5.31 Å². The number of carboxylic acids is 1. The van der Waals surface area contributed by atoms with Crippen LogP contribution in [0.5, 0.6) is 0 Å². The monoisotopic (exact) mass is 197 g/mol. The van der Waals surface area contributed by atoms with Gasteiger partial charge in [-0.1, -0.05) is 53.8 Å². The molecule has 0 aromatic carbocycles. The highest BCUT2D eigenvalue weighted by atomic mass is 16.4. The van der Waals surface area contributed by atoms with Crippen LogP contribution in [0.15, 0.2) is 0 Å². The van der Waals surface area contributed by atoms with Crippen LogP contribution in [0.25, 0.3) is 0 Å². The van der Waals surface area contributed by atoms with Gasteiger partial charge in [-0.3, -0.25) is 4.79 Å². The van der Waals surface area contributed by atoms with Crippen molar-refractivity contribution in [1.82, 2.24) is 0 Å². The lowest BCUT2D eigenvalue weighted by Crippen LogP contribution is -2.37. The van der Waals surface area contributed by atoms with Crippen molar-refractivity contribution in [3.8, 4) is 0 Å². The Balaban J connectivity index is 4.76. The first-order valence-electron chi connectivity index (χ1n) is 5.01. The maximum absolute atomic E-state index is 11.0. The van der Waals surface area contributed by atoms with Crippen molar-refractivity contribution in [2.75, 3.05) is 0 Å². The Bertz CT molecular complexity index is 224. The second-order valence-corrected chi connectivity index (χ2v) is 6.14. The van der Waals surface area contributed by atoms with Crippen LogP contribution in [-0.4, -0.2) is 18.4 Å². The predicted molar refractivity (Wildman–Crippen MR) is 60.9 cm³/mol. The van der Waals surface area contributed by atoms with Crippen LogP contribution < -0.4 is 0 Å². The van der Waals surface area contributed by atoms with Gasteiger partial charge in [-0.25, -0.2) is 0 Å². The van der Waals surface area contributed by atoms with Gasteiger partial charge in [0.15, 0.2) is 0 Å². The van der Waals surface area contributed by atoms with Crippen LogP contribution in [0.1, 0.15) is 48.5 Å². The van der Waals surface area contributed by atoms with Crippen molar-refractivity contribution in [3.05, 3.63) is 0 Å². The highest BCUT2D eigenvalue weighted by Crippen LogP contribution is 2.48. The zero-order valence-corrected chi connectivity index (χ0v) is 10.4. The van der Waals surface area contributed by atoms with Crippen molar-refractivity contribution in [2.45, 2.75) is 59.1 Å². The number of rotatable bonds is 3. The predicted octanol–water partition coefficient (Wildman–Crippen LogP) is 3.22. The zero-order chi connectivity index (χ0) is 11.8. The van der Waals surface area contributed by atoms with Gasteiger partial charge in [-0.05, 0) is 5.41 Å². The Labute approximate surface area is 88.3 Å². The number of hydrogen-bond acceptors (Lipinski definition) is 1. The van der Waals surface area contributed by atoms with E-state index >= 15 is 0 Å². The molecule has 0 spiro atoms. The molecule has 0 atom stereocenters. The summed E-state index contributed by atoms with van der Waals surface area (Å²) < 4.78 is 0. The van der Waals surface area contributed by atoms with E-state index in [1.807, 2.05) is 7.28 Å². The largest absolute Gasteiger partial charge is 0.481 e. The van der Waals surface area contributed by atoms with Crippen LogP contribution in [0.4, 0.5) is 0 Å². The standard InChI is InChI=1S/C11H22BO2/c1-9(2,3)11(6,7)12-10(4,5)8(13)14/h1-7H3,(H,13,14). The van der Waals surface area contributed by atoms with E-state index in [1.165, 1.54) is 0 Å². The van der Waals surface area contributed by atoms with Crippen LogP contribution in [0.2, 0.25) is 10.6 Å². The van der Waals surface area contributed by atoms with Crippen LogP contribution in [0.3, 0.4) is 0 Å². The average Bonchev–Trinajstić information content (AvgIpc) is 1.80. The average molecular weight is 197 g/mol. The molecule has 3 heteroatoms. The summed E-state index contributed by atoms with van der Waals surface area (Å²) in [5, 5.41) is 8.17. The Morgan fingerprint density at radius 1 is 1.00 bits per heavy atom. The van der Waals surface area contributed by atoms with E-state index in [0.717, 1.165) is 0 Å². The van der Waals surface area contributed by atoms with Gasteiger partial charge in [0.2, 0.25) is 0 Å². The number of aliphatic carboxylic acids is 1. The molecule has 0 rings (SSSR count). The zero-order valence-electron chi connectivity index (χ0n) is 10.4. The van der Waals surface area contributed by atoms with E-state index in [-0.39, 0.29) is 10.7 Å². The van der Waals surface area contributed by atoms with Gasteiger partial charge >= 0.3 is 5.97 Å². The second-order valence-electron chi connectivity index (χ2n) is 6.14. The molecule has 0 saturated heterocycles. The molecule has 0 heterocycles. The fraction of sp³-hybridized carbons (Fsp3) is 0.909. The van der Waals surface area contributed by atoms with Crippen LogP contribution >= 0.6 is 0 Å². The summed E-state index contributed by atoms with van der Waals surface area (Å²) in [5.41, 5.74) is 0.0692. The fourth-order valence-electron chi connectivity index (χ4n) is 1.18. The van der Waals surface area contributed by atoms with E-state index in [0.29, 0.717) is 0 Å². The third kappa shape index (κ3) is 3.04. The molecule has 0 bridgehead atoms. The van der Waals surface area contributed by atoms with Gasteiger partial charge in [0.1, 0.15) is 7.28 Å². The van der Waals surface area contributed by atoms with Crippen molar-refractivity contribution in [1.29, 1.82) is 0 Å². The van der Waals surface area contributed by atoms with E-state index in [1.54, 1.807) is 13.8 Å². The molecule has 0 amide bonds. The molecule has 1 N–H and O–H groups in total. The number of hydrogen-bond donors (Lipinski definition) is 1. The number of carbonyl (C=O) groups is 1. The molecule has 0 aliphatic rings. The molecule has 0 fully saturated rings. The van der Waals surface area contributed by atoms with Gasteiger partial charge in [0.05, 0.1) is 0 Å². The van der Waals surface area contributed by atoms with E-state index in [4.69, 9.17) is 5.11 Å². The second kappa shape index (κ2) is 3.60. The summed E-state index contributed by atoms with van der Waals surface area (Å²) >= 11 is 0. The quantitative estimate of drug-likeness (QED) is 0.705. The van der Waals surface area contributed by atoms with Crippen LogP contribution in [-0.2, 0) is 4.79 Å². The maximum atomic E-state index is 11.0. The summed E-state index contributed by atoms with van der Waals surface area (Å²) in [6.45, 7) is 14.0. The molecule has 0 unspecified atom stereocenters. The maximum Gasteiger partial charge on any atom is 0.300 e. The van der Waals surface area contributed by atoms with Crippen molar-refractivity contribution in [2.24, 2.45) is 5.41 Å². The minimum Gasteiger partial charge on any atom is -0.481 e. The Kier molecular flexibility index (Phi) is 3.48. The molecule has 1 radical (unpaired) electrons. The minimum atomic E-state index is -0.769. The molecule has 0 aromatic heterocycles. The van der Waals surface area contributed by atoms with E-state index < -0.39 is 11.3 Å². The normalized spacial score (nSPS) is 13.9. The van der Waals surface area contributed by atoms with E-state index in [9.17, 15) is 4.79 Å². The highest BCUT2D eigenvalue weighted by Gasteiger charge is 2.41. The first-order valence-corrected chi connectivity index (χ1v) is 5.01. The SMILES string of the molecule is CC(C)([B]C(C)(C)C(C)(C)C)C(=O)O. The third-order valence-corrected chi connectivity index (χ3v) is 3.21. The van der Waals surface area contributed by atoms with Gasteiger partial charge in [-0.2, -0.15) is 0 Å². The molecule has 81 valence electrons. The Morgan fingerprint density at radius 3 is 1.57 bits per heavy atom. The summed E-state index contributed by atoms with van der Waals surface area (Å²) in [6.07, 6.45) is 0. The van der Waals surface area contributed by atoms with Gasteiger partial charge in [0.25, 0.3) is 0 Å². The summed E-state index contributed by atoms with van der Waals surface area (Å²) in [5.74, 6) is -0.769. The summed E-state index contributed by atoms with van der Waals surface area (Å²) in [6, 6.07) is 0. The van der Waals surface area contributed by atoms with Crippen molar-refractivity contribution >= 4 is 13.2 Å². The molecule has 14 heavy (non-hydrogen) atoms. The van der Waals surface area contributed by atoms with Crippen molar-refractivity contribution < 1.29 is 9.90 Å². The van der Waals surface area contributed by atoms with Crippen LogP contribution in [0, 0.1) is 5.41 Å². The summed E-state index contributed by atoms with van der Waals surface area (Å²) in [7, 11) is 1.93. The minimum absolute atomic E-state index is 0.0692. The molecule has 0 aliphatic carbocycles. The first kappa shape index (κ1) is 13.5. The van der Waals surface area contributed by atoms with Crippen molar-refractivity contribution in [3.63, 3.8) is 0 Å². The van der Waals surface area contributed by atoms with Gasteiger partial charge in [-0.15, -0.1) is 0 Å². The lowest BCUT2D eigenvalue weighted by atomic mass is 9.35. The highest BCUT2D eigenvalue weighted by molar-refractivity contribution is 6.49. The molecule has 0 aromatic rings. The lowest BCUT2D eigenvalue weighted by Gasteiger charge is -2.42. The molecule has 2 nitrogen and oxygen atoms in total. The summed E-state index contributed by atoms with van der Waals surface area (Å²) in [4.78, 5) is 11.0. The van der Waals surface area contributed by atoms with Gasteiger partial charge < -0.3 is 5.11 Å². The topological polar surface area (TPSA) is 37.3 Å². The lowest BCUT2D eigenvalue weighted by molar-refractivity contribution is -0.139. The molecule has 0 aliphatic heterocycles. The first-order chi connectivity index (χ1) is 5.90. The number of carboxylic acid groups (broad SMARTS) is 1.